The Labute approximate surface area is 96.9 Å². The van der Waals surface area contributed by atoms with Crippen LogP contribution in [0.3, 0.4) is 0 Å². The van der Waals surface area contributed by atoms with E-state index in [1.165, 1.54) is 6.92 Å². The number of ketones is 1. The van der Waals surface area contributed by atoms with Crippen LogP contribution in [0.5, 0.6) is 0 Å². The molecule has 1 aliphatic carbocycles. The van der Waals surface area contributed by atoms with Crippen LogP contribution in [0.1, 0.15) is 47.5 Å². The first-order valence-electron chi connectivity index (χ1n) is 5.82. The fourth-order valence-electron chi connectivity index (χ4n) is 1.88. The second-order valence-corrected chi connectivity index (χ2v) is 5.01. The van der Waals surface area contributed by atoms with Gasteiger partial charge in [0.2, 0.25) is 0 Å². The fourth-order valence-corrected chi connectivity index (χ4v) is 1.88. The van der Waals surface area contributed by atoms with Gasteiger partial charge in [0.25, 0.3) is 0 Å². The Morgan fingerprint density at radius 1 is 1.12 bits per heavy atom. The topological polar surface area (TPSA) is 46.6 Å². The summed E-state index contributed by atoms with van der Waals surface area (Å²) >= 11 is 0. The average Bonchev–Trinajstić information content (AvgIpc) is 2.83. The maximum absolute atomic E-state index is 11.9. The van der Waals surface area contributed by atoms with Crippen LogP contribution < -0.4 is 0 Å². The monoisotopic (exact) mass is 227 g/mol. The molecule has 1 rings (SSSR count). The van der Waals surface area contributed by atoms with Gasteiger partial charge in [-0.25, -0.2) is 4.79 Å². The Morgan fingerprint density at radius 2 is 1.56 bits per heavy atom. The number of Topliss-reactive ketones (excluding diaryl/α,β-unsaturated/α-hetero) is 1. The van der Waals surface area contributed by atoms with Crippen LogP contribution in [-0.4, -0.2) is 34.5 Å². The van der Waals surface area contributed by atoms with E-state index in [1.54, 1.807) is 4.90 Å². The molecule has 1 saturated carbocycles. The Morgan fingerprint density at radius 3 is 1.81 bits per heavy atom. The van der Waals surface area contributed by atoms with E-state index in [4.69, 9.17) is 4.74 Å². The van der Waals surface area contributed by atoms with E-state index < -0.39 is 5.60 Å². The zero-order chi connectivity index (χ0) is 12.5. The normalized spacial score (nSPS) is 17.4. The smallest absolute Gasteiger partial charge is 0.411 e. The molecule has 0 aromatic rings. The molecule has 1 aliphatic rings. The highest BCUT2D eigenvalue weighted by atomic mass is 16.6. The highest BCUT2D eigenvalue weighted by molar-refractivity contribution is 5.90. The van der Waals surface area contributed by atoms with E-state index in [0.717, 1.165) is 0 Å². The number of ether oxygens (including phenoxy) is 1. The van der Waals surface area contributed by atoms with Crippen molar-refractivity contribution in [1.82, 2.24) is 4.90 Å². The fraction of sp³-hybridized carbons (Fsp3) is 0.833. The van der Waals surface area contributed by atoms with Crippen LogP contribution in [-0.2, 0) is 9.53 Å². The molecule has 0 N–H and O–H groups in total. The van der Waals surface area contributed by atoms with Crippen LogP contribution in [0.15, 0.2) is 0 Å². The summed E-state index contributed by atoms with van der Waals surface area (Å²) in [6.45, 7) is 9.24. The second-order valence-electron chi connectivity index (χ2n) is 5.01. The third-order valence-corrected chi connectivity index (χ3v) is 2.95. The van der Waals surface area contributed by atoms with Gasteiger partial charge in [0.1, 0.15) is 0 Å². The van der Waals surface area contributed by atoms with Gasteiger partial charge in [0.05, 0.1) is 0 Å². The standard InChI is InChI=1S/C12H21NO3/c1-8(2)13(9(3)4)11(15)16-12(6-7-12)10(5)14/h8-9H,6-7H2,1-5H3. The van der Waals surface area contributed by atoms with Gasteiger partial charge in [-0.2, -0.15) is 0 Å². The molecule has 4 nitrogen and oxygen atoms in total. The largest absolute Gasteiger partial charge is 0.435 e. The van der Waals surface area contributed by atoms with Crippen molar-refractivity contribution in [1.29, 1.82) is 0 Å². The zero-order valence-corrected chi connectivity index (χ0v) is 10.7. The molecule has 0 bridgehead atoms. The molecule has 92 valence electrons. The minimum absolute atomic E-state index is 0.0479. The van der Waals surface area contributed by atoms with Gasteiger partial charge < -0.3 is 9.64 Å². The summed E-state index contributed by atoms with van der Waals surface area (Å²) in [6.07, 6.45) is 0.952. The third kappa shape index (κ3) is 2.54. The van der Waals surface area contributed by atoms with E-state index >= 15 is 0 Å². The third-order valence-electron chi connectivity index (χ3n) is 2.95. The lowest BCUT2D eigenvalue weighted by molar-refractivity contribution is -0.128. The molecule has 1 fully saturated rings. The molecule has 1 amide bonds. The molecule has 0 radical (unpaired) electrons. The van der Waals surface area contributed by atoms with Crippen LogP contribution in [0.25, 0.3) is 0 Å². The van der Waals surface area contributed by atoms with E-state index in [-0.39, 0.29) is 24.0 Å². The Hall–Kier alpha value is -1.06. The SMILES string of the molecule is CC(=O)C1(OC(=O)N(C(C)C)C(C)C)CC1. The van der Waals surface area contributed by atoms with Crippen molar-refractivity contribution in [2.45, 2.75) is 65.1 Å². The van der Waals surface area contributed by atoms with Gasteiger partial charge in [-0.1, -0.05) is 0 Å². The van der Waals surface area contributed by atoms with E-state index in [1.807, 2.05) is 27.7 Å². The number of carbonyl (C=O) groups excluding carboxylic acids is 2. The van der Waals surface area contributed by atoms with E-state index in [2.05, 4.69) is 0 Å². The zero-order valence-electron chi connectivity index (χ0n) is 10.7. The maximum atomic E-state index is 11.9. The summed E-state index contributed by atoms with van der Waals surface area (Å²) in [5, 5.41) is 0. The average molecular weight is 227 g/mol. The highest BCUT2D eigenvalue weighted by Gasteiger charge is 2.52. The number of rotatable bonds is 4. The minimum Gasteiger partial charge on any atom is -0.435 e. The molecule has 0 saturated heterocycles. The molecule has 0 unspecified atom stereocenters. The van der Waals surface area contributed by atoms with Crippen molar-refractivity contribution in [2.24, 2.45) is 0 Å². The van der Waals surface area contributed by atoms with Crippen LogP contribution >= 0.6 is 0 Å². The Bertz CT molecular complexity index is 285. The van der Waals surface area contributed by atoms with Crippen molar-refractivity contribution >= 4 is 11.9 Å². The lowest BCUT2D eigenvalue weighted by Crippen LogP contribution is -2.45. The minimum atomic E-state index is -0.806. The molecule has 0 aromatic heterocycles. The van der Waals surface area contributed by atoms with Crippen molar-refractivity contribution in [3.63, 3.8) is 0 Å². The number of hydrogen-bond donors (Lipinski definition) is 0. The van der Waals surface area contributed by atoms with Gasteiger partial charge in [-0.05, 0) is 47.5 Å². The number of carbonyl (C=O) groups is 2. The van der Waals surface area contributed by atoms with Crippen LogP contribution in [0.2, 0.25) is 0 Å². The summed E-state index contributed by atoms with van der Waals surface area (Å²) in [7, 11) is 0. The molecule has 0 aliphatic heterocycles. The molecule has 4 heteroatoms. The molecule has 0 atom stereocenters. The Balaban J connectivity index is 2.67. The van der Waals surface area contributed by atoms with Gasteiger partial charge in [-0.3, -0.25) is 4.79 Å². The second kappa shape index (κ2) is 4.44. The summed E-state index contributed by atoms with van der Waals surface area (Å²) in [6, 6.07) is 0.158. The quantitative estimate of drug-likeness (QED) is 0.740. The van der Waals surface area contributed by atoms with E-state index in [9.17, 15) is 9.59 Å². The number of nitrogens with zero attached hydrogens (tertiary/aromatic N) is 1. The first-order chi connectivity index (χ1) is 7.30. The maximum Gasteiger partial charge on any atom is 0.411 e. The number of hydrogen-bond acceptors (Lipinski definition) is 3. The van der Waals surface area contributed by atoms with E-state index in [0.29, 0.717) is 12.8 Å². The molecule has 0 aromatic carbocycles. The summed E-state index contributed by atoms with van der Waals surface area (Å²) in [4.78, 5) is 24.9. The van der Waals surface area contributed by atoms with Gasteiger partial charge in [0, 0.05) is 12.1 Å². The Kier molecular flexibility index (Phi) is 3.61. The predicted molar refractivity (Wildman–Crippen MR) is 61.2 cm³/mol. The highest BCUT2D eigenvalue weighted by Crippen LogP contribution is 2.41. The molecule has 0 heterocycles. The summed E-state index contributed by atoms with van der Waals surface area (Å²) in [5.74, 6) is -0.0479. The lowest BCUT2D eigenvalue weighted by atomic mass is 10.2. The number of amides is 1. The van der Waals surface area contributed by atoms with Crippen molar-refractivity contribution in [3.8, 4) is 0 Å². The van der Waals surface area contributed by atoms with Crippen LogP contribution in [0, 0.1) is 0 Å². The summed E-state index contributed by atoms with van der Waals surface area (Å²) < 4.78 is 5.33. The molecule has 0 spiro atoms. The van der Waals surface area contributed by atoms with Gasteiger partial charge in [-0.15, -0.1) is 0 Å². The van der Waals surface area contributed by atoms with Crippen molar-refractivity contribution in [3.05, 3.63) is 0 Å². The van der Waals surface area contributed by atoms with Crippen LogP contribution in [0.4, 0.5) is 4.79 Å². The van der Waals surface area contributed by atoms with Gasteiger partial charge >= 0.3 is 6.09 Å². The lowest BCUT2D eigenvalue weighted by Gasteiger charge is -2.31. The first kappa shape index (κ1) is 13.0. The molecular formula is C12H21NO3. The summed E-state index contributed by atoms with van der Waals surface area (Å²) in [5.41, 5.74) is -0.806. The first-order valence-corrected chi connectivity index (χ1v) is 5.82. The van der Waals surface area contributed by atoms with Gasteiger partial charge in [0.15, 0.2) is 11.4 Å². The molecular weight excluding hydrogens is 206 g/mol. The molecule has 16 heavy (non-hydrogen) atoms. The predicted octanol–water partition coefficient (Wildman–Crippen LogP) is 2.36. The van der Waals surface area contributed by atoms with Crippen molar-refractivity contribution < 1.29 is 14.3 Å². The van der Waals surface area contributed by atoms with Crippen molar-refractivity contribution in [2.75, 3.05) is 0 Å².